The minimum atomic E-state index is -0.450. The van der Waals surface area contributed by atoms with Crippen LogP contribution < -0.4 is 10.1 Å². The van der Waals surface area contributed by atoms with E-state index in [1.807, 2.05) is 25.1 Å². The summed E-state index contributed by atoms with van der Waals surface area (Å²) in [4.78, 5) is 12.2. The molecule has 1 aliphatic rings. The predicted molar refractivity (Wildman–Crippen MR) is 85.6 cm³/mol. The molecule has 2 rings (SSSR count). The lowest BCUT2D eigenvalue weighted by Gasteiger charge is -2.24. The van der Waals surface area contributed by atoms with Crippen LogP contribution in [-0.4, -0.2) is 18.1 Å². The molecule has 3 nitrogen and oxygen atoms in total. The van der Waals surface area contributed by atoms with Gasteiger partial charge < -0.3 is 10.1 Å². The maximum atomic E-state index is 12.2. The Morgan fingerprint density at radius 1 is 1.19 bits per heavy atom. The van der Waals surface area contributed by atoms with Gasteiger partial charge in [0.15, 0.2) is 6.10 Å². The number of hydrogen-bond donors (Lipinski definition) is 1. The lowest BCUT2D eigenvalue weighted by molar-refractivity contribution is -0.128. The molecule has 0 aromatic heterocycles. The molecule has 1 saturated carbocycles. The first kappa shape index (κ1) is 15.9. The van der Waals surface area contributed by atoms with E-state index in [1.165, 1.54) is 24.8 Å². The first-order valence-corrected chi connectivity index (χ1v) is 8.13. The van der Waals surface area contributed by atoms with Crippen LogP contribution in [-0.2, 0) is 4.79 Å². The average molecular weight is 289 g/mol. The molecule has 1 unspecified atom stereocenters. The molecule has 1 atom stereocenters. The van der Waals surface area contributed by atoms with Crippen LogP contribution in [0.25, 0.3) is 0 Å². The molecule has 1 fully saturated rings. The molecular weight excluding hydrogens is 262 g/mol. The smallest absolute Gasteiger partial charge is 0.260 e. The second-order valence-corrected chi connectivity index (χ2v) is 6.33. The highest BCUT2D eigenvalue weighted by Crippen LogP contribution is 2.21. The molecule has 0 heterocycles. The molecule has 0 saturated heterocycles. The maximum absolute atomic E-state index is 12.2. The van der Waals surface area contributed by atoms with Crippen molar-refractivity contribution in [2.45, 2.75) is 70.9 Å². The molecule has 1 aromatic carbocycles. The molecular formula is C18H27NO2. The van der Waals surface area contributed by atoms with Crippen molar-refractivity contribution in [1.82, 2.24) is 5.32 Å². The van der Waals surface area contributed by atoms with Gasteiger partial charge in [0.1, 0.15) is 5.75 Å². The van der Waals surface area contributed by atoms with Crippen molar-refractivity contribution in [2.24, 2.45) is 0 Å². The summed E-state index contributed by atoms with van der Waals surface area (Å²) in [6.45, 7) is 6.12. The Balaban J connectivity index is 1.89. The summed E-state index contributed by atoms with van der Waals surface area (Å²) in [6.07, 6.45) is 5.48. The van der Waals surface area contributed by atoms with E-state index >= 15 is 0 Å². The fourth-order valence-corrected chi connectivity index (χ4v) is 2.77. The number of amides is 1. The Labute approximate surface area is 128 Å². The number of nitrogens with one attached hydrogen (secondary N) is 1. The van der Waals surface area contributed by atoms with Crippen LogP contribution in [0.4, 0.5) is 0 Å². The van der Waals surface area contributed by atoms with Crippen molar-refractivity contribution in [3.05, 3.63) is 29.8 Å². The second kappa shape index (κ2) is 7.48. The third kappa shape index (κ3) is 4.76. The van der Waals surface area contributed by atoms with Gasteiger partial charge in [-0.25, -0.2) is 0 Å². The van der Waals surface area contributed by atoms with Gasteiger partial charge in [-0.1, -0.05) is 45.2 Å². The van der Waals surface area contributed by atoms with Crippen LogP contribution in [0.5, 0.6) is 5.75 Å². The Kier molecular flexibility index (Phi) is 5.66. The largest absolute Gasteiger partial charge is 0.481 e. The third-order valence-corrected chi connectivity index (χ3v) is 4.16. The first-order valence-electron chi connectivity index (χ1n) is 8.13. The summed E-state index contributed by atoms with van der Waals surface area (Å²) in [7, 11) is 0. The van der Waals surface area contributed by atoms with Crippen LogP contribution in [0, 0.1) is 0 Å². The number of benzene rings is 1. The van der Waals surface area contributed by atoms with E-state index in [9.17, 15) is 4.79 Å². The molecule has 1 aliphatic carbocycles. The summed E-state index contributed by atoms with van der Waals surface area (Å²) in [6, 6.07) is 8.34. The summed E-state index contributed by atoms with van der Waals surface area (Å²) in [5.41, 5.74) is 1.23. The zero-order chi connectivity index (χ0) is 15.2. The van der Waals surface area contributed by atoms with Crippen LogP contribution >= 0.6 is 0 Å². The highest BCUT2D eigenvalue weighted by molar-refractivity contribution is 5.81. The zero-order valence-corrected chi connectivity index (χ0v) is 13.4. The maximum Gasteiger partial charge on any atom is 0.260 e. The molecule has 0 aliphatic heterocycles. The van der Waals surface area contributed by atoms with Crippen LogP contribution in [0.1, 0.15) is 64.4 Å². The number of rotatable bonds is 5. The minimum Gasteiger partial charge on any atom is -0.481 e. The van der Waals surface area contributed by atoms with Gasteiger partial charge in [-0.15, -0.1) is 0 Å². The van der Waals surface area contributed by atoms with E-state index < -0.39 is 6.10 Å². The van der Waals surface area contributed by atoms with Gasteiger partial charge >= 0.3 is 0 Å². The summed E-state index contributed by atoms with van der Waals surface area (Å²) < 4.78 is 5.80. The lowest BCUT2D eigenvalue weighted by Crippen LogP contribution is -2.43. The van der Waals surface area contributed by atoms with Crippen LogP contribution in [0.3, 0.4) is 0 Å². The topological polar surface area (TPSA) is 38.3 Å². The summed E-state index contributed by atoms with van der Waals surface area (Å²) >= 11 is 0. The third-order valence-electron chi connectivity index (χ3n) is 4.16. The van der Waals surface area contributed by atoms with Gasteiger partial charge in [0.25, 0.3) is 5.91 Å². The van der Waals surface area contributed by atoms with Crippen LogP contribution in [0.2, 0.25) is 0 Å². The predicted octanol–water partition coefficient (Wildman–Crippen LogP) is 4.03. The molecule has 0 spiro atoms. The fraction of sp³-hybridized carbons (Fsp3) is 0.611. The number of ether oxygens (including phenoxy) is 1. The lowest BCUT2D eigenvalue weighted by atomic mass is 9.95. The molecule has 116 valence electrons. The highest BCUT2D eigenvalue weighted by Gasteiger charge is 2.20. The number of hydrogen-bond acceptors (Lipinski definition) is 2. The molecule has 1 N–H and O–H groups in total. The van der Waals surface area contributed by atoms with Crippen molar-refractivity contribution in [1.29, 1.82) is 0 Å². The Bertz CT molecular complexity index is 464. The van der Waals surface area contributed by atoms with E-state index in [0.717, 1.165) is 18.6 Å². The molecule has 0 radical (unpaired) electrons. The molecule has 1 amide bonds. The molecule has 21 heavy (non-hydrogen) atoms. The van der Waals surface area contributed by atoms with Gasteiger partial charge in [-0.2, -0.15) is 0 Å². The van der Waals surface area contributed by atoms with Crippen molar-refractivity contribution < 1.29 is 9.53 Å². The summed E-state index contributed by atoms with van der Waals surface area (Å²) in [5.74, 6) is 1.23. The molecule has 1 aromatic rings. The van der Waals surface area contributed by atoms with Crippen LogP contribution in [0.15, 0.2) is 24.3 Å². The normalized spacial score (nSPS) is 17.5. The molecule has 0 bridgehead atoms. The van der Waals surface area contributed by atoms with E-state index in [2.05, 4.69) is 25.2 Å². The fourth-order valence-electron chi connectivity index (χ4n) is 2.77. The van der Waals surface area contributed by atoms with Gasteiger partial charge in [-0.05, 0) is 43.4 Å². The second-order valence-electron chi connectivity index (χ2n) is 6.33. The minimum absolute atomic E-state index is 0.00292. The van der Waals surface area contributed by atoms with Gasteiger partial charge in [0.2, 0.25) is 0 Å². The zero-order valence-electron chi connectivity index (χ0n) is 13.4. The van der Waals surface area contributed by atoms with Crippen molar-refractivity contribution in [3.63, 3.8) is 0 Å². The van der Waals surface area contributed by atoms with Crippen molar-refractivity contribution >= 4 is 5.91 Å². The van der Waals surface area contributed by atoms with E-state index in [-0.39, 0.29) is 5.91 Å². The van der Waals surface area contributed by atoms with Gasteiger partial charge in [-0.3, -0.25) is 4.79 Å². The Morgan fingerprint density at radius 3 is 2.57 bits per heavy atom. The Morgan fingerprint density at radius 2 is 1.90 bits per heavy atom. The van der Waals surface area contributed by atoms with Gasteiger partial charge in [0, 0.05) is 6.04 Å². The van der Waals surface area contributed by atoms with Crippen molar-refractivity contribution in [2.75, 3.05) is 0 Å². The first-order chi connectivity index (χ1) is 10.1. The van der Waals surface area contributed by atoms with E-state index in [0.29, 0.717) is 12.0 Å². The van der Waals surface area contributed by atoms with E-state index in [1.54, 1.807) is 0 Å². The number of carbonyl (C=O) groups is 1. The average Bonchev–Trinajstić information content (AvgIpc) is 2.48. The van der Waals surface area contributed by atoms with Gasteiger partial charge in [0.05, 0.1) is 0 Å². The Hall–Kier alpha value is -1.51. The quantitative estimate of drug-likeness (QED) is 0.889. The van der Waals surface area contributed by atoms with Crippen molar-refractivity contribution in [3.8, 4) is 5.75 Å². The summed E-state index contributed by atoms with van der Waals surface area (Å²) in [5, 5.41) is 3.11. The standard InChI is InChI=1S/C18H27NO2/c1-13(2)15-8-7-11-17(12-15)21-14(3)18(20)19-16-9-5-4-6-10-16/h7-8,11-14,16H,4-6,9-10H2,1-3H3,(H,19,20). The van der Waals surface area contributed by atoms with E-state index in [4.69, 9.17) is 4.74 Å². The SMILES string of the molecule is CC(Oc1cccc(C(C)C)c1)C(=O)NC1CCCCC1. The number of carbonyl (C=O) groups excluding carboxylic acids is 1. The highest BCUT2D eigenvalue weighted by atomic mass is 16.5. The monoisotopic (exact) mass is 289 g/mol. The molecule has 3 heteroatoms.